The van der Waals surface area contributed by atoms with Crippen molar-refractivity contribution in [1.29, 1.82) is 0 Å². The molecule has 0 atom stereocenters. The first-order chi connectivity index (χ1) is 8.87. The predicted octanol–water partition coefficient (Wildman–Crippen LogP) is 1.75. The Balaban J connectivity index is 0.000000250. The number of H-pyrrole nitrogens is 2. The van der Waals surface area contributed by atoms with Crippen LogP contribution in [0.2, 0.25) is 0 Å². The summed E-state index contributed by atoms with van der Waals surface area (Å²) >= 11 is 0. The van der Waals surface area contributed by atoms with Crippen LogP contribution in [0.5, 0.6) is 0 Å². The fourth-order valence-corrected chi connectivity index (χ4v) is 1.01. The van der Waals surface area contributed by atoms with Gasteiger partial charge in [-0.15, -0.1) is 0 Å². The van der Waals surface area contributed by atoms with Crippen LogP contribution in [-0.2, 0) is 4.74 Å². The minimum Gasteiger partial charge on any atom is -0.444 e. The lowest BCUT2D eigenvalue weighted by atomic mass is 10.2. The van der Waals surface area contributed by atoms with Gasteiger partial charge in [-0.2, -0.15) is 10.2 Å². The molecule has 8 heteroatoms. The quantitative estimate of drug-likeness (QED) is 0.626. The van der Waals surface area contributed by atoms with Crippen LogP contribution in [0.4, 0.5) is 16.4 Å². The molecule has 0 bridgehead atoms. The molecule has 0 fully saturated rings. The summed E-state index contributed by atoms with van der Waals surface area (Å²) in [5, 5.41) is 14.9. The van der Waals surface area contributed by atoms with Gasteiger partial charge in [-0.3, -0.25) is 15.5 Å². The van der Waals surface area contributed by atoms with Gasteiger partial charge in [-0.05, 0) is 26.8 Å². The van der Waals surface area contributed by atoms with Crippen molar-refractivity contribution in [3.8, 4) is 0 Å². The first-order valence-electron chi connectivity index (χ1n) is 5.61. The van der Waals surface area contributed by atoms with Gasteiger partial charge in [-0.25, -0.2) is 4.79 Å². The Labute approximate surface area is 110 Å². The molecule has 2 aromatic rings. The molecule has 2 heterocycles. The lowest BCUT2D eigenvalue weighted by Gasteiger charge is -2.19. The molecular formula is C11H18N6O2. The van der Waals surface area contributed by atoms with Gasteiger partial charge in [-0.1, -0.05) is 0 Å². The number of rotatable bonds is 1. The zero-order valence-electron chi connectivity index (χ0n) is 11.1. The van der Waals surface area contributed by atoms with Gasteiger partial charge in [0.05, 0.1) is 12.4 Å². The van der Waals surface area contributed by atoms with E-state index in [0.29, 0.717) is 11.6 Å². The van der Waals surface area contributed by atoms with Crippen molar-refractivity contribution in [1.82, 2.24) is 20.4 Å². The molecule has 0 spiro atoms. The Morgan fingerprint density at radius 2 is 1.89 bits per heavy atom. The summed E-state index contributed by atoms with van der Waals surface area (Å²) in [6.07, 6.45) is 2.67. The normalized spacial score (nSPS) is 10.3. The van der Waals surface area contributed by atoms with E-state index in [1.165, 1.54) is 0 Å². The molecule has 0 radical (unpaired) electrons. The van der Waals surface area contributed by atoms with Crippen LogP contribution < -0.4 is 11.1 Å². The molecule has 2 rings (SSSR count). The lowest BCUT2D eigenvalue weighted by Crippen LogP contribution is -2.27. The summed E-state index contributed by atoms with van der Waals surface area (Å²) in [5.74, 6) is 1.13. The summed E-state index contributed by atoms with van der Waals surface area (Å²) in [7, 11) is 0. The Bertz CT molecular complexity index is 472. The smallest absolute Gasteiger partial charge is 0.413 e. The van der Waals surface area contributed by atoms with E-state index in [2.05, 4.69) is 25.7 Å². The van der Waals surface area contributed by atoms with Crippen molar-refractivity contribution < 1.29 is 9.53 Å². The van der Waals surface area contributed by atoms with Gasteiger partial charge in [0.15, 0.2) is 0 Å². The number of carbonyl (C=O) groups excluding carboxylic acids is 1. The zero-order valence-corrected chi connectivity index (χ0v) is 11.1. The number of hydrogen-bond acceptors (Lipinski definition) is 5. The number of hydrogen-bond donors (Lipinski definition) is 4. The number of ether oxygens (including phenoxy) is 1. The molecule has 0 unspecified atom stereocenters. The van der Waals surface area contributed by atoms with Gasteiger partial charge in [0.1, 0.15) is 17.2 Å². The van der Waals surface area contributed by atoms with E-state index in [9.17, 15) is 4.79 Å². The number of nitrogens with one attached hydrogen (secondary N) is 3. The van der Waals surface area contributed by atoms with Crippen molar-refractivity contribution in [2.24, 2.45) is 0 Å². The second kappa shape index (κ2) is 6.43. The lowest BCUT2D eigenvalue weighted by molar-refractivity contribution is 0.0635. The summed E-state index contributed by atoms with van der Waals surface area (Å²) in [6, 6.07) is 3.34. The summed E-state index contributed by atoms with van der Waals surface area (Å²) in [5.41, 5.74) is 4.68. The summed E-state index contributed by atoms with van der Waals surface area (Å²) in [6.45, 7) is 5.42. The summed E-state index contributed by atoms with van der Waals surface area (Å²) < 4.78 is 5.01. The number of aromatic amines is 2. The average Bonchev–Trinajstić information content (AvgIpc) is 2.89. The second-order valence-corrected chi connectivity index (χ2v) is 4.61. The number of nitrogen functional groups attached to an aromatic ring is 1. The highest BCUT2D eigenvalue weighted by molar-refractivity contribution is 5.83. The minimum absolute atomic E-state index is 0.482. The highest BCUT2D eigenvalue weighted by atomic mass is 16.6. The zero-order chi connectivity index (χ0) is 14.3. The Hall–Kier alpha value is -2.51. The Morgan fingerprint density at radius 3 is 2.26 bits per heavy atom. The molecule has 5 N–H and O–H groups in total. The first-order valence-corrected chi connectivity index (χ1v) is 5.61. The van der Waals surface area contributed by atoms with Crippen LogP contribution in [0, 0.1) is 0 Å². The molecule has 0 aliphatic rings. The monoisotopic (exact) mass is 266 g/mol. The van der Waals surface area contributed by atoms with E-state index >= 15 is 0 Å². The number of nitrogens with zero attached hydrogens (tertiary/aromatic N) is 2. The van der Waals surface area contributed by atoms with Crippen molar-refractivity contribution in [3.05, 3.63) is 24.5 Å². The largest absolute Gasteiger partial charge is 0.444 e. The van der Waals surface area contributed by atoms with Crippen LogP contribution in [0.15, 0.2) is 24.5 Å². The van der Waals surface area contributed by atoms with Gasteiger partial charge in [0, 0.05) is 6.07 Å². The standard InChI is InChI=1S/C8H13N3O2.C3H5N3/c1-8(2,3)13-7(12)10-6-4-5-9-11-6;4-3-1-2-5-6-3/h4-5H,1-3H3,(H2,9,10,11,12);1-2H,(H3,4,5,6). The highest BCUT2D eigenvalue weighted by Gasteiger charge is 2.16. The van der Waals surface area contributed by atoms with Crippen LogP contribution in [0.25, 0.3) is 0 Å². The average molecular weight is 266 g/mol. The van der Waals surface area contributed by atoms with E-state index in [1.807, 2.05) is 0 Å². The van der Waals surface area contributed by atoms with Crippen molar-refractivity contribution >= 4 is 17.7 Å². The van der Waals surface area contributed by atoms with Crippen LogP contribution in [0.1, 0.15) is 20.8 Å². The molecule has 0 saturated carbocycles. The maximum Gasteiger partial charge on any atom is 0.413 e. The van der Waals surface area contributed by atoms with Crippen LogP contribution >= 0.6 is 0 Å². The predicted molar refractivity (Wildman–Crippen MR) is 71.4 cm³/mol. The fraction of sp³-hybridized carbons (Fsp3) is 0.364. The van der Waals surface area contributed by atoms with Crippen molar-refractivity contribution in [2.45, 2.75) is 26.4 Å². The number of anilines is 2. The fourth-order valence-electron chi connectivity index (χ4n) is 1.01. The third-order valence-electron chi connectivity index (χ3n) is 1.66. The molecule has 104 valence electrons. The number of carbonyl (C=O) groups is 1. The Morgan fingerprint density at radius 1 is 1.26 bits per heavy atom. The van der Waals surface area contributed by atoms with E-state index in [-0.39, 0.29) is 0 Å². The van der Waals surface area contributed by atoms with E-state index in [1.54, 1.807) is 45.3 Å². The van der Waals surface area contributed by atoms with E-state index in [4.69, 9.17) is 10.5 Å². The van der Waals surface area contributed by atoms with E-state index < -0.39 is 11.7 Å². The number of nitrogens with two attached hydrogens (primary N) is 1. The topological polar surface area (TPSA) is 122 Å². The van der Waals surface area contributed by atoms with Gasteiger partial charge < -0.3 is 10.5 Å². The maximum absolute atomic E-state index is 11.1. The minimum atomic E-state index is -0.489. The molecule has 19 heavy (non-hydrogen) atoms. The van der Waals surface area contributed by atoms with E-state index in [0.717, 1.165) is 0 Å². The maximum atomic E-state index is 11.1. The van der Waals surface area contributed by atoms with Crippen molar-refractivity contribution in [2.75, 3.05) is 11.1 Å². The van der Waals surface area contributed by atoms with Gasteiger partial charge >= 0.3 is 6.09 Å². The number of amides is 1. The molecule has 0 aromatic carbocycles. The SMILES string of the molecule is CC(C)(C)OC(=O)Nc1ccn[nH]1.Nc1ccn[nH]1. The third kappa shape index (κ3) is 6.71. The summed E-state index contributed by atoms with van der Waals surface area (Å²) in [4.78, 5) is 11.1. The van der Waals surface area contributed by atoms with Crippen LogP contribution in [-0.4, -0.2) is 32.1 Å². The molecular weight excluding hydrogens is 248 g/mol. The van der Waals surface area contributed by atoms with Crippen LogP contribution in [0.3, 0.4) is 0 Å². The molecule has 8 nitrogen and oxygen atoms in total. The first kappa shape index (κ1) is 14.6. The molecule has 0 saturated heterocycles. The van der Waals surface area contributed by atoms with Gasteiger partial charge in [0.25, 0.3) is 0 Å². The third-order valence-corrected chi connectivity index (χ3v) is 1.66. The van der Waals surface area contributed by atoms with Crippen molar-refractivity contribution in [3.63, 3.8) is 0 Å². The van der Waals surface area contributed by atoms with Gasteiger partial charge in [0.2, 0.25) is 0 Å². The second-order valence-electron chi connectivity index (χ2n) is 4.61. The molecule has 1 amide bonds. The molecule has 0 aliphatic carbocycles. The molecule has 0 aliphatic heterocycles. The number of aromatic nitrogens is 4. The molecule has 2 aromatic heterocycles. The Kier molecular flexibility index (Phi) is 4.92. The highest BCUT2D eigenvalue weighted by Crippen LogP contribution is 2.08.